The fraction of sp³-hybridized carbons (Fsp3) is 0.538. The molecule has 0 aromatic heterocycles. The molecule has 2 aliphatic rings. The van der Waals surface area contributed by atoms with Crippen LogP contribution in [-0.2, 0) is 10.0 Å². The monoisotopic (exact) mass is 296 g/mol. The van der Waals surface area contributed by atoms with Crippen LogP contribution < -0.4 is 15.4 Å². The third kappa shape index (κ3) is 2.67. The minimum Gasteiger partial charge on any atom is -0.367 e. The second kappa shape index (κ2) is 5.33. The first-order valence-corrected chi connectivity index (χ1v) is 8.42. The van der Waals surface area contributed by atoms with Crippen molar-refractivity contribution in [2.24, 2.45) is 5.14 Å². The predicted molar refractivity (Wildman–Crippen MR) is 78.3 cm³/mol. The molecule has 2 heterocycles. The lowest BCUT2D eigenvalue weighted by atomic mass is 10.0. The van der Waals surface area contributed by atoms with Gasteiger partial charge in [0.05, 0.1) is 5.69 Å². The van der Waals surface area contributed by atoms with Gasteiger partial charge in [-0.2, -0.15) is 0 Å². The van der Waals surface area contributed by atoms with Gasteiger partial charge < -0.3 is 10.2 Å². The highest BCUT2D eigenvalue weighted by Gasteiger charge is 2.34. The minimum atomic E-state index is -3.66. The van der Waals surface area contributed by atoms with Gasteiger partial charge in [-0.3, -0.25) is 4.90 Å². The molecule has 1 aromatic rings. The second-order valence-electron chi connectivity index (χ2n) is 5.36. The van der Waals surface area contributed by atoms with E-state index in [-0.39, 0.29) is 4.90 Å². The molecule has 0 spiro atoms. The first-order valence-electron chi connectivity index (χ1n) is 6.87. The Hall–Kier alpha value is -1.15. The van der Waals surface area contributed by atoms with Gasteiger partial charge in [0.25, 0.3) is 0 Å². The standard InChI is InChI=1S/C13H20N4O2S/c14-20(18,19)13-4-2-1-3-12(13)17-9-11(10-17)16-7-5-15-6-8-16/h1-4,11,15H,5-10H2,(H2,14,18,19). The normalized spacial score (nSPS) is 21.8. The number of para-hydroxylation sites is 1. The van der Waals surface area contributed by atoms with E-state index in [2.05, 4.69) is 15.1 Å². The average molecular weight is 296 g/mol. The summed E-state index contributed by atoms with van der Waals surface area (Å²) in [7, 11) is -3.66. The van der Waals surface area contributed by atoms with E-state index in [0.717, 1.165) is 45.0 Å². The summed E-state index contributed by atoms with van der Waals surface area (Å²) in [5.41, 5.74) is 0.724. The molecule has 2 aliphatic heterocycles. The van der Waals surface area contributed by atoms with Crippen LogP contribution in [0.15, 0.2) is 29.2 Å². The molecule has 0 amide bonds. The van der Waals surface area contributed by atoms with Crippen LogP contribution >= 0.6 is 0 Å². The Morgan fingerprint density at radius 2 is 1.80 bits per heavy atom. The second-order valence-corrected chi connectivity index (χ2v) is 6.89. The highest BCUT2D eigenvalue weighted by Crippen LogP contribution is 2.29. The highest BCUT2D eigenvalue weighted by atomic mass is 32.2. The van der Waals surface area contributed by atoms with Gasteiger partial charge in [0.15, 0.2) is 0 Å². The molecule has 0 bridgehead atoms. The smallest absolute Gasteiger partial charge is 0.240 e. The summed E-state index contributed by atoms with van der Waals surface area (Å²) < 4.78 is 23.2. The van der Waals surface area contributed by atoms with Gasteiger partial charge in [0, 0.05) is 45.3 Å². The molecule has 1 aromatic carbocycles. The highest BCUT2D eigenvalue weighted by molar-refractivity contribution is 7.89. The Kier molecular flexibility index (Phi) is 3.68. The summed E-state index contributed by atoms with van der Waals surface area (Å²) in [5.74, 6) is 0. The zero-order valence-corrected chi connectivity index (χ0v) is 12.1. The van der Waals surface area contributed by atoms with E-state index in [1.165, 1.54) is 0 Å². The van der Waals surface area contributed by atoms with Gasteiger partial charge in [-0.05, 0) is 12.1 Å². The quantitative estimate of drug-likeness (QED) is 0.781. The summed E-state index contributed by atoms with van der Waals surface area (Å²) in [5, 5.41) is 8.62. The van der Waals surface area contributed by atoms with E-state index in [9.17, 15) is 8.42 Å². The number of benzene rings is 1. The van der Waals surface area contributed by atoms with Crippen molar-refractivity contribution in [3.05, 3.63) is 24.3 Å². The maximum atomic E-state index is 11.6. The Morgan fingerprint density at radius 1 is 1.15 bits per heavy atom. The lowest BCUT2D eigenvalue weighted by molar-refractivity contribution is 0.147. The first-order chi connectivity index (χ1) is 9.55. The molecule has 0 atom stereocenters. The number of nitrogens with zero attached hydrogens (tertiary/aromatic N) is 2. The summed E-state index contributed by atoms with van der Waals surface area (Å²) in [6.07, 6.45) is 0. The van der Waals surface area contributed by atoms with Gasteiger partial charge in [-0.25, -0.2) is 13.6 Å². The van der Waals surface area contributed by atoms with Gasteiger partial charge in [-0.1, -0.05) is 12.1 Å². The van der Waals surface area contributed by atoms with Crippen LogP contribution in [0.4, 0.5) is 5.69 Å². The van der Waals surface area contributed by atoms with Crippen LogP contribution in [0.1, 0.15) is 0 Å². The summed E-state index contributed by atoms with van der Waals surface area (Å²) in [6.45, 7) is 5.93. The van der Waals surface area contributed by atoms with Crippen molar-refractivity contribution in [2.75, 3.05) is 44.2 Å². The molecular formula is C13H20N4O2S. The summed E-state index contributed by atoms with van der Waals surface area (Å²) >= 11 is 0. The molecule has 0 radical (unpaired) electrons. The van der Waals surface area contributed by atoms with E-state index in [0.29, 0.717) is 6.04 Å². The molecule has 0 saturated carbocycles. The molecule has 0 aliphatic carbocycles. The van der Waals surface area contributed by atoms with Gasteiger partial charge in [0.2, 0.25) is 10.0 Å². The number of hydrogen-bond donors (Lipinski definition) is 2. The fourth-order valence-corrected chi connectivity index (χ4v) is 3.65. The number of anilines is 1. The van der Waals surface area contributed by atoms with Crippen molar-refractivity contribution in [1.29, 1.82) is 0 Å². The van der Waals surface area contributed by atoms with Crippen molar-refractivity contribution in [1.82, 2.24) is 10.2 Å². The third-order valence-corrected chi connectivity index (χ3v) is 5.00. The number of hydrogen-bond acceptors (Lipinski definition) is 5. The maximum absolute atomic E-state index is 11.6. The Morgan fingerprint density at radius 3 is 2.45 bits per heavy atom. The van der Waals surface area contributed by atoms with E-state index < -0.39 is 10.0 Å². The molecule has 110 valence electrons. The number of sulfonamides is 1. The summed E-state index contributed by atoms with van der Waals surface area (Å²) in [4.78, 5) is 4.78. The van der Waals surface area contributed by atoms with E-state index in [1.54, 1.807) is 12.1 Å². The van der Waals surface area contributed by atoms with Crippen LogP contribution in [0, 0.1) is 0 Å². The molecule has 7 heteroatoms. The molecule has 20 heavy (non-hydrogen) atoms. The van der Waals surface area contributed by atoms with Crippen molar-refractivity contribution in [3.8, 4) is 0 Å². The van der Waals surface area contributed by atoms with E-state index >= 15 is 0 Å². The number of primary sulfonamides is 1. The largest absolute Gasteiger partial charge is 0.367 e. The fourth-order valence-electron chi connectivity index (χ4n) is 2.89. The summed E-state index contributed by atoms with van der Waals surface area (Å²) in [6, 6.07) is 7.47. The number of piperazine rings is 1. The van der Waals surface area contributed by atoms with Crippen LogP contribution in [0.3, 0.4) is 0 Å². The molecule has 0 unspecified atom stereocenters. The topological polar surface area (TPSA) is 78.7 Å². The van der Waals surface area contributed by atoms with Crippen molar-refractivity contribution >= 4 is 15.7 Å². The third-order valence-electron chi connectivity index (χ3n) is 4.04. The van der Waals surface area contributed by atoms with Crippen LogP contribution in [-0.4, -0.2) is 58.6 Å². The van der Waals surface area contributed by atoms with Gasteiger partial charge in [0.1, 0.15) is 4.90 Å². The number of nitrogens with two attached hydrogens (primary N) is 1. The van der Waals surface area contributed by atoms with Gasteiger partial charge in [-0.15, -0.1) is 0 Å². The lowest BCUT2D eigenvalue weighted by Crippen LogP contribution is -2.63. The maximum Gasteiger partial charge on any atom is 0.240 e. The van der Waals surface area contributed by atoms with Crippen LogP contribution in [0.2, 0.25) is 0 Å². The predicted octanol–water partition coefficient (Wildman–Crippen LogP) is -0.572. The van der Waals surface area contributed by atoms with E-state index in [4.69, 9.17) is 5.14 Å². The average Bonchev–Trinajstić information content (AvgIpc) is 2.38. The van der Waals surface area contributed by atoms with Crippen molar-refractivity contribution < 1.29 is 8.42 Å². The zero-order chi connectivity index (χ0) is 14.2. The van der Waals surface area contributed by atoms with Crippen LogP contribution in [0.25, 0.3) is 0 Å². The first kappa shape index (κ1) is 13.8. The minimum absolute atomic E-state index is 0.221. The number of nitrogens with one attached hydrogen (secondary N) is 1. The Balaban J connectivity index is 1.71. The Bertz CT molecular complexity index is 578. The van der Waals surface area contributed by atoms with Gasteiger partial charge >= 0.3 is 0 Å². The molecule has 3 rings (SSSR count). The molecule has 2 fully saturated rings. The molecule has 3 N–H and O–H groups in total. The van der Waals surface area contributed by atoms with Crippen molar-refractivity contribution in [2.45, 2.75) is 10.9 Å². The lowest BCUT2D eigenvalue weighted by Gasteiger charge is -2.48. The van der Waals surface area contributed by atoms with Crippen molar-refractivity contribution in [3.63, 3.8) is 0 Å². The molecule has 2 saturated heterocycles. The Labute approximate surface area is 119 Å². The molecule has 6 nitrogen and oxygen atoms in total. The van der Waals surface area contributed by atoms with E-state index in [1.807, 2.05) is 12.1 Å². The zero-order valence-electron chi connectivity index (χ0n) is 11.3. The van der Waals surface area contributed by atoms with Crippen LogP contribution in [0.5, 0.6) is 0 Å². The number of rotatable bonds is 3. The SMILES string of the molecule is NS(=O)(=O)c1ccccc1N1CC(N2CCNCC2)C1. The molecular weight excluding hydrogens is 276 g/mol.